The third kappa shape index (κ3) is 3.21. The summed E-state index contributed by atoms with van der Waals surface area (Å²) < 4.78 is 5.59. The number of pyridine rings is 1. The lowest BCUT2D eigenvalue weighted by Crippen LogP contribution is -2.29. The topological polar surface area (TPSA) is 89.5 Å². The predicted octanol–water partition coefficient (Wildman–Crippen LogP) is 3.88. The largest absolute Gasteiger partial charge is 0.449 e. The van der Waals surface area contributed by atoms with Gasteiger partial charge < -0.3 is 9.32 Å². The smallest absolute Gasteiger partial charge is 0.289 e. The quantitative estimate of drug-likeness (QED) is 0.531. The van der Waals surface area contributed by atoms with E-state index in [1.54, 1.807) is 31.3 Å². The number of carbonyl (C=O) groups excluding carboxylic acids is 1. The van der Waals surface area contributed by atoms with Crippen molar-refractivity contribution in [3.8, 4) is 0 Å². The van der Waals surface area contributed by atoms with E-state index in [2.05, 4.69) is 4.98 Å². The second-order valence-electron chi connectivity index (χ2n) is 5.89. The van der Waals surface area contributed by atoms with E-state index in [4.69, 9.17) is 4.42 Å². The number of rotatable bonds is 4. The first-order valence-corrected chi connectivity index (χ1v) is 7.75. The summed E-state index contributed by atoms with van der Waals surface area (Å²) in [4.78, 5) is 29.0. The van der Waals surface area contributed by atoms with Crippen molar-refractivity contribution in [2.45, 2.75) is 19.9 Å². The highest BCUT2D eigenvalue weighted by atomic mass is 16.6. The first kappa shape index (κ1) is 16.6. The monoisotopic (exact) mass is 339 g/mol. The fraction of sp³-hybridized carbons (Fsp3) is 0.222. The lowest BCUT2D eigenvalue weighted by molar-refractivity contribution is -0.384. The maximum Gasteiger partial charge on any atom is 0.289 e. The van der Waals surface area contributed by atoms with Gasteiger partial charge in [0.15, 0.2) is 11.3 Å². The molecule has 0 N–H and O–H groups in total. The van der Waals surface area contributed by atoms with Gasteiger partial charge in [0.2, 0.25) is 0 Å². The van der Waals surface area contributed by atoms with Gasteiger partial charge in [-0.2, -0.15) is 0 Å². The minimum absolute atomic E-state index is 0.00592. The molecule has 3 aromatic rings. The zero-order valence-corrected chi connectivity index (χ0v) is 14.1. The fourth-order valence-electron chi connectivity index (χ4n) is 2.60. The summed E-state index contributed by atoms with van der Waals surface area (Å²) >= 11 is 0. The van der Waals surface area contributed by atoms with Crippen molar-refractivity contribution in [3.05, 3.63) is 69.6 Å². The highest BCUT2D eigenvalue weighted by molar-refractivity contribution is 5.95. The number of benzene rings is 1. The van der Waals surface area contributed by atoms with Gasteiger partial charge in [0.25, 0.3) is 11.6 Å². The van der Waals surface area contributed by atoms with Crippen LogP contribution in [0.3, 0.4) is 0 Å². The Morgan fingerprint density at radius 1 is 1.28 bits per heavy atom. The number of nitro benzene ring substituents is 1. The Hall–Kier alpha value is -3.22. The average molecular weight is 339 g/mol. The first-order valence-electron chi connectivity index (χ1n) is 7.75. The third-order valence-corrected chi connectivity index (χ3v) is 4.19. The maximum absolute atomic E-state index is 12.7. The van der Waals surface area contributed by atoms with E-state index >= 15 is 0 Å². The van der Waals surface area contributed by atoms with Gasteiger partial charge in [-0.1, -0.05) is 12.1 Å². The molecule has 1 aromatic carbocycles. The molecule has 0 fully saturated rings. The molecule has 3 rings (SSSR count). The molecule has 0 spiro atoms. The van der Waals surface area contributed by atoms with Gasteiger partial charge in [-0.05, 0) is 31.5 Å². The summed E-state index contributed by atoms with van der Waals surface area (Å²) in [5, 5.41) is 10.9. The summed E-state index contributed by atoms with van der Waals surface area (Å²) in [7, 11) is 1.64. The van der Waals surface area contributed by atoms with Crippen molar-refractivity contribution in [1.29, 1.82) is 0 Å². The van der Waals surface area contributed by atoms with Gasteiger partial charge in [-0.25, -0.2) is 4.98 Å². The van der Waals surface area contributed by atoms with Gasteiger partial charge in [0.05, 0.1) is 11.0 Å². The number of fused-ring (bicyclic) bond motifs is 1. The Labute approximate surface area is 144 Å². The van der Waals surface area contributed by atoms with Crippen LogP contribution in [0.15, 0.2) is 46.9 Å². The van der Waals surface area contributed by atoms with Gasteiger partial charge in [0, 0.05) is 30.9 Å². The van der Waals surface area contributed by atoms with Crippen molar-refractivity contribution in [2.75, 3.05) is 7.05 Å². The summed E-state index contributed by atoms with van der Waals surface area (Å²) in [6.45, 7) is 3.67. The second-order valence-corrected chi connectivity index (χ2v) is 5.89. The molecule has 0 saturated carbocycles. The van der Waals surface area contributed by atoms with Crippen LogP contribution in [0.4, 0.5) is 5.69 Å². The Bertz CT molecular complexity index is 964. The predicted molar refractivity (Wildman–Crippen MR) is 92.4 cm³/mol. The van der Waals surface area contributed by atoms with Gasteiger partial charge in [-0.3, -0.25) is 14.9 Å². The summed E-state index contributed by atoms with van der Waals surface area (Å²) in [5.41, 5.74) is 2.68. The van der Waals surface area contributed by atoms with Crippen LogP contribution in [0.25, 0.3) is 11.1 Å². The molecular formula is C18H17N3O4. The number of carbonyl (C=O) groups is 1. The number of nitrogens with zero attached hydrogens (tertiary/aromatic N) is 3. The van der Waals surface area contributed by atoms with E-state index in [0.717, 1.165) is 5.69 Å². The Morgan fingerprint density at radius 2 is 2.04 bits per heavy atom. The van der Waals surface area contributed by atoms with Crippen LogP contribution in [-0.4, -0.2) is 27.8 Å². The number of non-ortho nitro benzene ring substituents is 1. The number of amides is 1. The normalized spacial score (nSPS) is 12.1. The fourth-order valence-corrected chi connectivity index (χ4v) is 2.60. The van der Waals surface area contributed by atoms with Crippen molar-refractivity contribution in [1.82, 2.24) is 9.88 Å². The lowest BCUT2D eigenvalue weighted by Gasteiger charge is -2.24. The van der Waals surface area contributed by atoms with Crippen molar-refractivity contribution in [2.24, 2.45) is 0 Å². The van der Waals surface area contributed by atoms with Crippen LogP contribution in [0.5, 0.6) is 0 Å². The average Bonchev–Trinajstić information content (AvgIpc) is 3.02. The summed E-state index contributed by atoms with van der Waals surface area (Å²) in [6.07, 6.45) is 0. The first-order chi connectivity index (χ1) is 11.9. The number of aromatic nitrogens is 1. The molecule has 0 radical (unpaired) electrons. The van der Waals surface area contributed by atoms with Crippen LogP contribution < -0.4 is 0 Å². The van der Waals surface area contributed by atoms with Gasteiger partial charge in [-0.15, -0.1) is 0 Å². The van der Waals surface area contributed by atoms with E-state index in [1.807, 2.05) is 19.9 Å². The molecule has 7 nitrogen and oxygen atoms in total. The molecular weight excluding hydrogens is 322 g/mol. The molecule has 0 aliphatic heterocycles. The molecule has 1 amide bonds. The zero-order valence-electron chi connectivity index (χ0n) is 14.1. The number of furan rings is 1. The highest BCUT2D eigenvalue weighted by Gasteiger charge is 2.23. The molecule has 0 saturated heterocycles. The molecule has 7 heteroatoms. The molecule has 25 heavy (non-hydrogen) atoms. The molecule has 2 heterocycles. The Kier molecular flexibility index (Phi) is 4.22. The molecule has 2 aromatic heterocycles. The molecule has 1 atom stereocenters. The summed E-state index contributed by atoms with van der Waals surface area (Å²) in [6, 6.07) is 11.1. The van der Waals surface area contributed by atoms with Crippen molar-refractivity contribution < 1.29 is 14.1 Å². The molecule has 128 valence electrons. The summed E-state index contributed by atoms with van der Waals surface area (Å²) in [5.74, 6) is -0.123. The highest BCUT2D eigenvalue weighted by Crippen LogP contribution is 2.26. The van der Waals surface area contributed by atoms with Crippen LogP contribution in [0.2, 0.25) is 0 Å². The van der Waals surface area contributed by atoms with E-state index in [-0.39, 0.29) is 23.4 Å². The van der Waals surface area contributed by atoms with Crippen LogP contribution in [0.1, 0.15) is 34.8 Å². The molecule has 0 aliphatic rings. The van der Waals surface area contributed by atoms with Crippen LogP contribution in [-0.2, 0) is 0 Å². The lowest BCUT2D eigenvalue weighted by atomic mass is 10.1. The SMILES string of the molecule is Cc1ccc2oc(C(=O)N(C)[C@@H](C)c3cccc([N+](=O)[O-])c3)cc2n1. The second kappa shape index (κ2) is 6.35. The number of hydrogen-bond donors (Lipinski definition) is 0. The van der Waals surface area contributed by atoms with Crippen molar-refractivity contribution in [3.63, 3.8) is 0 Å². The van der Waals surface area contributed by atoms with E-state index in [1.165, 1.54) is 17.0 Å². The van der Waals surface area contributed by atoms with E-state index in [0.29, 0.717) is 16.7 Å². The third-order valence-electron chi connectivity index (χ3n) is 4.19. The Morgan fingerprint density at radius 3 is 2.76 bits per heavy atom. The minimum atomic E-state index is -0.453. The number of aryl methyl sites for hydroxylation is 1. The minimum Gasteiger partial charge on any atom is -0.449 e. The molecule has 0 unspecified atom stereocenters. The van der Waals surface area contributed by atoms with Crippen LogP contribution >= 0.6 is 0 Å². The number of nitro groups is 1. The number of hydrogen-bond acceptors (Lipinski definition) is 5. The zero-order chi connectivity index (χ0) is 18.1. The van der Waals surface area contributed by atoms with Crippen LogP contribution in [0, 0.1) is 17.0 Å². The van der Waals surface area contributed by atoms with Crippen molar-refractivity contribution >= 4 is 22.7 Å². The van der Waals surface area contributed by atoms with E-state index < -0.39 is 4.92 Å². The maximum atomic E-state index is 12.7. The molecule has 0 aliphatic carbocycles. The molecule has 0 bridgehead atoms. The Balaban J connectivity index is 1.87. The van der Waals surface area contributed by atoms with E-state index in [9.17, 15) is 14.9 Å². The standard InChI is InChI=1S/C18H17N3O4/c1-11-7-8-16-15(19-11)10-17(25-16)18(22)20(3)12(2)13-5-4-6-14(9-13)21(23)24/h4-10,12H,1-3H3/t12-/m0/s1. The van der Waals surface area contributed by atoms with Gasteiger partial charge in [0.1, 0.15) is 5.52 Å². The van der Waals surface area contributed by atoms with Gasteiger partial charge >= 0.3 is 0 Å².